The summed E-state index contributed by atoms with van der Waals surface area (Å²) in [6.45, 7) is 2.87. The molecule has 0 atom stereocenters. The minimum Gasteiger partial charge on any atom is -0.353 e. The van der Waals surface area contributed by atoms with Crippen molar-refractivity contribution in [3.63, 3.8) is 0 Å². The lowest BCUT2D eigenvalue weighted by atomic mass is 10.2. The second-order valence-electron chi connectivity index (χ2n) is 6.80. The van der Waals surface area contributed by atoms with E-state index in [0.717, 1.165) is 5.56 Å². The van der Waals surface area contributed by atoms with E-state index >= 15 is 0 Å². The highest BCUT2D eigenvalue weighted by Gasteiger charge is 2.21. The van der Waals surface area contributed by atoms with E-state index < -0.39 is 4.92 Å². The first-order chi connectivity index (χ1) is 14.5. The Bertz CT molecular complexity index is 1090. The van der Waals surface area contributed by atoms with Gasteiger partial charge in [0.25, 0.3) is 5.69 Å². The molecule has 1 aromatic carbocycles. The van der Waals surface area contributed by atoms with E-state index in [-0.39, 0.29) is 11.4 Å². The normalized spacial score (nSPS) is 14.0. The molecule has 1 aliphatic rings. The van der Waals surface area contributed by atoms with Crippen molar-refractivity contribution in [2.75, 3.05) is 36.0 Å². The molecule has 10 nitrogen and oxygen atoms in total. The third-order valence-corrected chi connectivity index (χ3v) is 5.10. The first-order valence-corrected chi connectivity index (χ1v) is 9.66. The van der Waals surface area contributed by atoms with Crippen LogP contribution in [0.5, 0.6) is 0 Å². The van der Waals surface area contributed by atoms with Crippen molar-refractivity contribution in [1.82, 2.24) is 19.5 Å². The molecule has 0 amide bonds. The van der Waals surface area contributed by atoms with E-state index in [9.17, 15) is 14.9 Å². The van der Waals surface area contributed by atoms with Crippen molar-refractivity contribution in [3.8, 4) is 0 Å². The highest BCUT2D eigenvalue weighted by atomic mass is 35.5. The van der Waals surface area contributed by atoms with Crippen LogP contribution in [0.3, 0.4) is 0 Å². The quantitative estimate of drug-likeness (QED) is 0.449. The lowest BCUT2D eigenvalue weighted by Crippen LogP contribution is -2.48. The van der Waals surface area contributed by atoms with Crippen LogP contribution < -0.4 is 15.5 Å². The van der Waals surface area contributed by atoms with E-state index in [0.29, 0.717) is 49.5 Å². The van der Waals surface area contributed by atoms with Crippen LogP contribution in [0.25, 0.3) is 0 Å². The number of piperazine rings is 1. The van der Waals surface area contributed by atoms with Crippen LogP contribution in [-0.2, 0) is 6.54 Å². The molecule has 0 unspecified atom stereocenters. The fourth-order valence-electron chi connectivity index (χ4n) is 3.21. The lowest BCUT2D eigenvalue weighted by Gasteiger charge is -2.35. The number of nitro groups is 1. The summed E-state index contributed by atoms with van der Waals surface area (Å²) in [5.41, 5.74) is 0.529. The molecule has 3 aromatic rings. The van der Waals surface area contributed by atoms with Gasteiger partial charge in [-0.2, -0.15) is 4.98 Å². The fourth-order valence-corrected chi connectivity index (χ4v) is 3.33. The number of halogens is 1. The number of pyridine rings is 1. The highest BCUT2D eigenvalue weighted by molar-refractivity contribution is 6.30. The molecular formula is C19H18ClN7O3. The van der Waals surface area contributed by atoms with Crippen molar-refractivity contribution in [3.05, 3.63) is 80.1 Å². The van der Waals surface area contributed by atoms with E-state index in [4.69, 9.17) is 11.6 Å². The zero-order valence-corrected chi connectivity index (χ0v) is 16.6. The smallest absolute Gasteiger partial charge is 0.352 e. The number of nitrogens with zero attached hydrogens (tertiary/aromatic N) is 7. The maximum absolute atomic E-state index is 12.4. The molecule has 11 heteroatoms. The number of benzene rings is 1. The summed E-state index contributed by atoms with van der Waals surface area (Å²) in [5.74, 6) is 1.07. The first kappa shape index (κ1) is 19.8. The molecule has 0 aliphatic carbocycles. The summed E-state index contributed by atoms with van der Waals surface area (Å²) in [6.07, 6.45) is 2.76. The van der Waals surface area contributed by atoms with Gasteiger partial charge in [0.1, 0.15) is 18.3 Å². The molecular weight excluding hydrogens is 410 g/mol. The van der Waals surface area contributed by atoms with Gasteiger partial charge in [-0.15, -0.1) is 0 Å². The molecule has 3 heterocycles. The highest BCUT2D eigenvalue weighted by Crippen LogP contribution is 2.18. The second-order valence-corrected chi connectivity index (χ2v) is 7.24. The van der Waals surface area contributed by atoms with Crippen LogP contribution in [0, 0.1) is 10.1 Å². The Labute approximate surface area is 176 Å². The summed E-state index contributed by atoms with van der Waals surface area (Å²) in [5, 5.41) is 11.4. The van der Waals surface area contributed by atoms with Gasteiger partial charge in [-0.1, -0.05) is 23.7 Å². The van der Waals surface area contributed by atoms with Crippen molar-refractivity contribution < 1.29 is 4.92 Å². The number of aromatic nitrogens is 4. The SMILES string of the molecule is O=c1nc(N2CCN(c3ccc([N+](=O)[O-])cn3)CC2)ncn1Cc1ccc(Cl)cc1. The monoisotopic (exact) mass is 427 g/mol. The summed E-state index contributed by atoms with van der Waals surface area (Å²) in [7, 11) is 0. The van der Waals surface area contributed by atoms with Gasteiger partial charge in [0, 0.05) is 37.3 Å². The number of hydrogen-bond acceptors (Lipinski definition) is 8. The molecule has 0 saturated carbocycles. The fraction of sp³-hybridized carbons (Fsp3) is 0.263. The third kappa shape index (κ3) is 4.38. The third-order valence-electron chi connectivity index (χ3n) is 4.85. The Balaban J connectivity index is 1.39. The topological polar surface area (TPSA) is 110 Å². The Morgan fingerprint density at radius 2 is 1.70 bits per heavy atom. The number of rotatable bonds is 5. The maximum atomic E-state index is 12.4. The molecule has 30 heavy (non-hydrogen) atoms. The first-order valence-electron chi connectivity index (χ1n) is 9.28. The molecule has 0 radical (unpaired) electrons. The lowest BCUT2D eigenvalue weighted by molar-refractivity contribution is -0.385. The average molecular weight is 428 g/mol. The van der Waals surface area contributed by atoms with Crippen LogP contribution >= 0.6 is 11.6 Å². The molecule has 0 N–H and O–H groups in total. The predicted octanol–water partition coefficient (Wildman–Crippen LogP) is 1.97. The molecule has 1 fully saturated rings. The minimum atomic E-state index is -0.471. The average Bonchev–Trinajstić information content (AvgIpc) is 2.77. The van der Waals surface area contributed by atoms with Gasteiger partial charge in [-0.3, -0.25) is 14.7 Å². The van der Waals surface area contributed by atoms with Crippen molar-refractivity contribution in [1.29, 1.82) is 0 Å². The van der Waals surface area contributed by atoms with Crippen LogP contribution in [0.15, 0.2) is 53.7 Å². The van der Waals surface area contributed by atoms with E-state index in [1.165, 1.54) is 23.2 Å². The van der Waals surface area contributed by atoms with Crippen LogP contribution in [0.1, 0.15) is 5.56 Å². The zero-order valence-electron chi connectivity index (χ0n) is 15.9. The zero-order chi connectivity index (χ0) is 21.1. The second kappa shape index (κ2) is 8.46. The summed E-state index contributed by atoms with van der Waals surface area (Å²) in [6, 6.07) is 10.3. The summed E-state index contributed by atoms with van der Waals surface area (Å²) >= 11 is 5.89. The molecule has 1 saturated heterocycles. The van der Waals surface area contributed by atoms with Gasteiger partial charge in [0.2, 0.25) is 5.95 Å². The standard InChI is InChI=1S/C19H18ClN7O3/c20-15-3-1-14(2-4-15)12-26-13-22-18(23-19(26)28)25-9-7-24(8-10-25)17-6-5-16(11-21-17)27(29)30/h1-6,11,13H,7-10,12H2. The minimum absolute atomic E-state index is 0.0371. The van der Waals surface area contributed by atoms with Crippen molar-refractivity contribution in [2.24, 2.45) is 0 Å². The Morgan fingerprint density at radius 1 is 1.00 bits per heavy atom. The predicted molar refractivity (Wildman–Crippen MR) is 112 cm³/mol. The number of hydrogen-bond donors (Lipinski definition) is 0. The molecule has 154 valence electrons. The van der Waals surface area contributed by atoms with Gasteiger partial charge in [0.05, 0.1) is 11.5 Å². The molecule has 0 bridgehead atoms. The molecule has 0 spiro atoms. The van der Waals surface area contributed by atoms with Gasteiger partial charge >= 0.3 is 5.69 Å². The summed E-state index contributed by atoms with van der Waals surface area (Å²) in [4.78, 5) is 39.3. The van der Waals surface area contributed by atoms with Crippen LogP contribution in [-0.4, -0.2) is 50.6 Å². The summed E-state index contributed by atoms with van der Waals surface area (Å²) < 4.78 is 1.45. The van der Waals surface area contributed by atoms with Gasteiger partial charge in [-0.25, -0.2) is 14.8 Å². The van der Waals surface area contributed by atoms with Gasteiger partial charge < -0.3 is 9.80 Å². The van der Waals surface area contributed by atoms with Crippen molar-refractivity contribution >= 4 is 29.1 Å². The molecule has 1 aliphatic heterocycles. The van der Waals surface area contributed by atoms with Gasteiger partial charge in [0.15, 0.2) is 0 Å². The Kier molecular flexibility index (Phi) is 5.57. The molecule has 4 rings (SSSR count). The number of anilines is 2. The Hall–Kier alpha value is -3.53. The van der Waals surface area contributed by atoms with Gasteiger partial charge in [-0.05, 0) is 23.8 Å². The van der Waals surface area contributed by atoms with E-state index in [1.807, 2.05) is 21.9 Å². The van der Waals surface area contributed by atoms with E-state index in [1.54, 1.807) is 18.2 Å². The Morgan fingerprint density at radius 3 is 2.30 bits per heavy atom. The largest absolute Gasteiger partial charge is 0.353 e. The molecule has 2 aromatic heterocycles. The maximum Gasteiger partial charge on any atom is 0.352 e. The van der Waals surface area contributed by atoms with Crippen LogP contribution in [0.4, 0.5) is 17.5 Å². The van der Waals surface area contributed by atoms with E-state index in [2.05, 4.69) is 15.0 Å². The van der Waals surface area contributed by atoms with Crippen LogP contribution in [0.2, 0.25) is 5.02 Å². The van der Waals surface area contributed by atoms with Crippen molar-refractivity contribution in [2.45, 2.75) is 6.54 Å².